The third-order valence-electron chi connectivity index (χ3n) is 1.70. The minimum atomic E-state index is 0.249. The van der Waals surface area contributed by atoms with E-state index in [1.165, 1.54) is 6.20 Å². The van der Waals surface area contributed by atoms with Crippen LogP contribution in [0.2, 0.25) is 0 Å². The van der Waals surface area contributed by atoms with Crippen LogP contribution in [0.3, 0.4) is 0 Å². The van der Waals surface area contributed by atoms with Crippen molar-refractivity contribution in [1.82, 2.24) is 9.78 Å². The molecule has 0 saturated heterocycles. The van der Waals surface area contributed by atoms with Crippen molar-refractivity contribution in [1.29, 1.82) is 0 Å². The zero-order valence-electron chi connectivity index (χ0n) is 7.77. The van der Waals surface area contributed by atoms with Gasteiger partial charge in [-0.3, -0.25) is 9.48 Å². The minimum Gasteiger partial charge on any atom is -0.405 e. The normalized spacial score (nSPS) is 11.3. The monoisotopic (exact) mass is 179 g/mol. The summed E-state index contributed by atoms with van der Waals surface area (Å²) in [6, 6.07) is 0.249. The Labute approximate surface area is 77.0 Å². The molecule has 0 aliphatic carbocycles. The van der Waals surface area contributed by atoms with Gasteiger partial charge >= 0.3 is 0 Å². The summed E-state index contributed by atoms with van der Waals surface area (Å²) in [6.45, 7) is 4.00. The highest BCUT2D eigenvalue weighted by atomic mass is 16.1. The Hall–Kier alpha value is -1.58. The molecule has 1 aromatic heterocycles. The first kappa shape index (κ1) is 9.51. The van der Waals surface area contributed by atoms with E-state index in [0.717, 1.165) is 6.29 Å². The van der Waals surface area contributed by atoms with Gasteiger partial charge in [-0.25, -0.2) is 0 Å². The maximum atomic E-state index is 10.6. The molecule has 0 saturated carbocycles. The van der Waals surface area contributed by atoms with Crippen molar-refractivity contribution in [3.05, 3.63) is 23.7 Å². The molecule has 0 amide bonds. The fourth-order valence-electron chi connectivity index (χ4n) is 0.996. The Kier molecular flexibility index (Phi) is 2.84. The van der Waals surface area contributed by atoms with Crippen LogP contribution in [0.15, 0.2) is 12.4 Å². The van der Waals surface area contributed by atoms with Crippen LogP contribution in [0.4, 0.5) is 0 Å². The van der Waals surface area contributed by atoms with Crippen LogP contribution in [-0.4, -0.2) is 16.1 Å². The standard InChI is InChI=1S/C9H13N3O/c1-7(2)12-5-8(6-13)9(11-12)3-4-10/h3-7H,10H2,1-2H3/b4-3-. The number of hydrogen-bond acceptors (Lipinski definition) is 3. The van der Waals surface area contributed by atoms with Crippen LogP contribution in [0.5, 0.6) is 0 Å². The molecule has 0 aliphatic rings. The molecule has 1 heterocycles. The molecule has 0 unspecified atom stereocenters. The maximum absolute atomic E-state index is 10.6. The SMILES string of the molecule is CC(C)n1cc(C=O)c(/C=C\N)n1. The van der Waals surface area contributed by atoms with E-state index in [1.54, 1.807) is 17.0 Å². The van der Waals surface area contributed by atoms with Gasteiger partial charge in [-0.15, -0.1) is 0 Å². The van der Waals surface area contributed by atoms with Crippen LogP contribution in [0.1, 0.15) is 35.9 Å². The summed E-state index contributed by atoms with van der Waals surface area (Å²) in [5, 5.41) is 4.19. The van der Waals surface area contributed by atoms with Gasteiger partial charge in [0.2, 0.25) is 0 Å². The number of hydrogen-bond donors (Lipinski definition) is 1. The summed E-state index contributed by atoms with van der Waals surface area (Å²) in [7, 11) is 0. The zero-order chi connectivity index (χ0) is 9.84. The predicted molar refractivity (Wildman–Crippen MR) is 51.2 cm³/mol. The Morgan fingerprint density at radius 3 is 2.77 bits per heavy atom. The lowest BCUT2D eigenvalue weighted by atomic mass is 10.3. The molecule has 1 aromatic rings. The lowest BCUT2D eigenvalue weighted by molar-refractivity contribution is 0.112. The smallest absolute Gasteiger partial charge is 0.153 e. The van der Waals surface area contributed by atoms with Gasteiger partial charge in [-0.2, -0.15) is 5.10 Å². The number of carbonyl (C=O) groups is 1. The number of aromatic nitrogens is 2. The van der Waals surface area contributed by atoms with E-state index >= 15 is 0 Å². The molecule has 2 N–H and O–H groups in total. The van der Waals surface area contributed by atoms with E-state index in [0.29, 0.717) is 11.3 Å². The Morgan fingerprint density at radius 2 is 2.31 bits per heavy atom. The molecular weight excluding hydrogens is 166 g/mol. The van der Waals surface area contributed by atoms with Crippen molar-refractivity contribution in [2.75, 3.05) is 0 Å². The van der Waals surface area contributed by atoms with Gasteiger partial charge in [0.1, 0.15) is 0 Å². The van der Waals surface area contributed by atoms with Crippen molar-refractivity contribution < 1.29 is 4.79 Å². The van der Waals surface area contributed by atoms with E-state index in [9.17, 15) is 4.79 Å². The highest BCUT2D eigenvalue weighted by molar-refractivity contribution is 5.80. The van der Waals surface area contributed by atoms with Gasteiger partial charge in [0, 0.05) is 12.2 Å². The lowest BCUT2D eigenvalue weighted by Gasteiger charge is -2.02. The average molecular weight is 179 g/mol. The van der Waals surface area contributed by atoms with Gasteiger partial charge < -0.3 is 5.73 Å². The van der Waals surface area contributed by atoms with Crippen molar-refractivity contribution >= 4 is 12.4 Å². The Balaban J connectivity index is 3.11. The summed E-state index contributed by atoms with van der Waals surface area (Å²) >= 11 is 0. The fourth-order valence-corrected chi connectivity index (χ4v) is 0.996. The number of carbonyl (C=O) groups excluding carboxylic acids is 1. The third-order valence-corrected chi connectivity index (χ3v) is 1.70. The third kappa shape index (κ3) is 1.96. The molecule has 4 nitrogen and oxygen atoms in total. The summed E-state index contributed by atoms with van der Waals surface area (Å²) < 4.78 is 1.74. The highest BCUT2D eigenvalue weighted by Crippen LogP contribution is 2.10. The summed E-state index contributed by atoms with van der Waals surface area (Å²) in [4.78, 5) is 10.6. The van der Waals surface area contributed by atoms with E-state index < -0.39 is 0 Å². The first-order valence-electron chi connectivity index (χ1n) is 4.11. The number of nitrogens with zero attached hydrogens (tertiary/aromatic N) is 2. The molecule has 0 bridgehead atoms. The zero-order valence-corrected chi connectivity index (χ0v) is 7.77. The van der Waals surface area contributed by atoms with Gasteiger partial charge in [-0.1, -0.05) is 0 Å². The topological polar surface area (TPSA) is 60.9 Å². The molecule has 0 aromatic carbocycles. The Morgan fingerprint density at radius 1 is 1.62 bits per heavy atom. The quantitative estimate of drug-likeness (QED) is 0.709. The summed E-state index contributed by atoms with van der Waals surface area (Å²) in [5.41, 5.74) is 6.41. The highest BCUT2D eigenvalue weighted by Gasteiger charge is 2.06. The first-order valence-corrected chi connectivity index (χ1v) is 4.11. The molecule has 13 heavy (non-hydrogen) atoms. The summed E-state index contributed by atoms with van der Waals surface area (Å²) in [5.74, 6) is 0. The molecule has 0 spiro atoms. The van der Waals surface area contributed by atoms with Gasteiger partial charge in [0.15, 0.2) is 6.29 Å². The van der Waals surface area contributed by atoms with Gasteiger partial charge in [-0.05, 0) is 26.1 Å². The lowest BCUT2D eigenvalue weighted by Crippen LogP contribution is -2.00. The summed E-state index contributed by atoms with van der Waals surface area (Å²) in [6.07, 6.45) is 5.48. The van der Waals surface area contributed by atoms with E-state index in [1.807, 2.05) is 13.8 Å². The van der Waals surface area contributed by atoms with E-state index in [-0.39, 0.29) is 6.04 Å². The van der Waals surface area contributed by atoms with Gasteiger partial charge in [0.25, 0.3) is 0 Å². The molecular formula is C9H13N3O. The first-order chi connectivity index (χ1) is 6.19. The Bertz CT molecular complexity index is 326. The van der Waals surface area contributed by atoms with Crippen LogP contribution in [0, 0.1) is 0 Å². The second kappa shape index (κ2) is 3.89. The van der Waals surface area contributed by atoms with Crippen LogP contribution in [0.25, 0.3) is 6.08 Å². The minimum absolute atomic E-state index is 0.249. The van der Waals surface area contributed by atoms with Crippen molar-refractivity contribution in [2.45, 2.75) is 19.9 Å². The maximum Gasteiger partial charge on any atom is 0.153 e. The van der Waals surface area contributed by atoms with Crippen LogP contribution in [-0.2, 0) is 0 Å². The predicted octanol–water partition coefficient (Wildman–Crippen LogP) is 1.21. The number of rotatable bonds is 3. The molecule has 0 atom stereocenters. The van der Waals surface area contributed by atoms with Crippen LogP contribution >= 0.6 is 0 Å². The average Bonchev–Trinajstić information content (AvgIpc) is 2.48. The second-order valence-corrected chi connectivity index (χ2v) is 3.02. The number of aldehydes is 1. The molecule has 0 fully saturated rings. The molecule has 70 valence electrons. The van der Waals surface area contributed by atoms with Crippen molar-refractivity contribution in [2.24, 2.45) is 5.73 Å². The van der Waals surface area contributed by atoms with Crippen LogP contribution < -0.4 is 5.73 Å². The number of nitrogens with two attached hydrogens (primary N) is 1. The molecule has 0 radical (unpaired) electrons. The van der Waals surface area contributed by atoms with Crippen molar-refractivity contribution in [3.8, 4) is 0 Å². The van der Waals surface area contributed by atoms with E-state index in [2.05, 4.69) is 5.10 Å². The largest absolute Gasteiger partial charge is 0.405 e. The molecule has 1 rings (SSSR count). The molecule has 0 aliphatic heterocycles. The van der Waals surface area contributed by atoms with Gasteiger partial charge in [0.05, 0.1) is 11.3 Å². The molecule has 4 heteroatoms. The second-order valence-electron chi connectivity index (χ2n) is 3.02. The van der Waals surface area contributed by atoms with Crippen molar-refractivity contribution in [3.63, 3.8) is 0 Å². The van der Waals surface area contributed by atoms with E-state index in [4.69, 9.17) is 5.73 Å². The fraction of sp³-hybridized carbons (Fsp3) is 0.333.